The summed E-state index contributed by atoms with van der Waals surface area (Å²) in [5, 5.41) is 19.4. The van der Waals surface area contributed by atoms with E-state index in [0.29, 0.717) is 11.3 Å². The Hall–Kier alpha value is -1.04. The van der Waals surface area contributed by atoms with Gasteiger partial charge in [-0.3, -0.25) is 0 Å². The Kier molecular flexibility index (Phi) is 5.40. The minimum atomic E-state index is -1.43. The second kappa shape index (κ2) is 6.41. The van der Waals surface area contributed by atoms with Gasteiger partial charge in [-0.15, -0.1) is 0 Å². The fourth-order valence-electron chi connectivity index (χ4n) is 1.43. The van der Waals surface area contributed by atoms with Crippen LogP contribution in [0.5, 0.6) is 5.75 Å². The van der Waals surface area contributed by atoms with Crippen LogP contribution < -0.4 is 0 Å². The Morgan fingerprint density at radius 1 is 1.37 bits per heavy atom. The highest BCUT2D eigenvalue weighted by molar-refractivity contribution is 7.91. The van der Waals surface area contributed by atoms with Crippen LogP contribution >= 0.6 is 0 Å². The van der Waals surface area contributed by atoms with Crippen LogP contribution in [0, 0.1) is 0 Å². The molecule has 0 aliphatic carbocycles. The molecule has 0 spiro atoms. The van der Waals surface area contributed by atoms with E-state index in [1.165, 1.54) is 0 Å². The van der Waals surface area contributed by atoms with Gasteiger partial charge in [-0.1, -0.05) is 16.5 Å². The Labute approximate surface area is 117 Å². The lowest BCUT2D eigenvalue weighted by Crippen LogP contribution is -2.27. The number of aliphatic hydroxyl groups is 1. The average molecular weight is 283 g/mol. The maximum atomic E-state index is 12.1. The second-order valence-corrected chi connectivity index (χ2v) is 7.38. The molecule has 0 saturated heterocycles. The van der Waals surface area contributed by atoms with E-state index in [2.05, 4.69) is 4.40 Å². The normalized spacial score (nSPS) is 16.2. The molecule has 0 aromatic heterocycles. The molecule has 0 heterocycles. The Morgan fingerprint density at radius 2 is 1.95 bits per heavy atom. The number of hydrogen-bond donors (Lipinski definition) is 2. The first kappa shape index (κ1) is 16.0. The number of hydrogen-bond acceptors (Lipinski definition) is 4. The van der Waals surface area contributed by atoms with Crippen molar-refractivity contribution >= 4 is 17.1 Å². The summed E-state index contributed by atoms with van der Waals surface area (Å²) in [6.45, 7) is 7.13. The number of rotatable bonds is 4. The molecular weight excluding hydrogens is 262 g/mol. The van der Waals surface area contributed by atoms with Gasteiger partial charge in [0.25, 0.3) is 0 Å². The maximum absolute atomic E-state index is 12.1. The molecule has 1 unspecified atom stereocenters. The van der Waals surface area contributed by atoms with Gasteiger partial charge in [0.2, 0.25) is 0 Å². The molecule has 0 aliphatic heterocycles. The summed E-state index contributed by atoms with van der Waals surface area (Å²) < 4.78 is 15.8. The van der Waals surface area contributed by atoms with Gasteiger partial charge in [-0.25, -0.2) is 0 Å². The van der Waals surface area contributed by atoms with Crippen LogP contribution in [0.15, 0.2) is 28.7 Å². The van der Waals surface area contributed by atoms with Gasteiger partial charge in [0, 0.05) is 12.0 Å². The van der Waals surface area contributed by atoms with Crippen molar-refractivity contribution in [3.63, 3.8) is 0 Å². The fraction of sp³-hybridized carbons (Fsp3) is 0.500. The van der Waals surface area contributed by atoms with E-state index in [4.69, 9.17) is 0 Å². The standard InChI is InChI=1S/C14H21NO3S/c1-10(16)9-12(15-19(18)14(2,3)4)11-7-5-6-8-13(11)17/h5-8,10,16-17H,9H2,1-4H3/t10-,19?/m1/s1. The third kappa shape index (κ3) is 4.86. The zero-order valence-corrected chi connectivity index (χ0v) is 12.6. The summed E-state index contributed by atoms with van der Waals surface area (Å²) in [5.41, 5.74) is 0.974. The predicted molar refractivity (Wildman–Crippen MR) is 78.8 cm³/mol. The summed E-state index contributed by atoms with van der Waals surface area (Å²) in [5.74, 6) is 0.0767. The molecule has 106 valence electrons. The summed E-state index contributed by atoms with van der Waals surface area (Å²) in [6.07, 6.45) is -0.366. The number of aromatic hydroxyl groups is 1. The van der Waals surface area contributed by atoms with Crippen molar-refractivity contribution in [1.29, 1.82) is 0 Å². The number of para-hydroxylation sites is 1. The van der Waals surface area contributed by atoms with E-state index in [0.717, 1.165) is 0 Å². The summed E-state index contributed by atoms with van der Waals surface area (Å²) in [4.78, 5) is 0. The van der Waals surface area contributed by atoms with Crippen LogP contribution in [-0.4, -0.2) is 31.3 Å². The molecular formula is C14H21NO3S. The van der Waals surface area contributed by atoms with Gasteiger partial charge in [-0.2, -0.15) is 0 Å². The molecule has 5 heteroatoms. The zero-order chi connectivity index (χ0) is 14.6. The van der Waals surface area contributed by atoms with Gasteiger partial charge in [0.1, 0.15) is 27.6 Å². The van der Waals surface area contributed by atoms with E-state index in [1.807, 2.05) is 20.8 Å². The smallest absolute Gasteiger partial charge is 0.144 e. The molecule has 4 nitrogen and oxygen atoms in total. The van der Waals surface area contributed by atoms with E-state index >= 15 is 0 Å². The minimum Gasteiger partial charge on any atom is -0.591 e. The highest BCUT2D eigenvalue weighted by Crippen LogP contribution is 2.23. The van der Waals surface area contributed by atoms with Crippen molar-refractivity contribution in [3.05, 3.63) is 29.8 Å². The molecule has 0 aliphatic rings. The van der Waals surface area contributed by atoms with Crippen LogP contribution in [0.4, 0.5) is 0 Å². The molecule has 0 radical (unpaired) electrons. The topological polar surface area (TPSA) is 75.9 Å². The van der Waals surface area contributed by atoms with Gasteiger partial charge in [-0.05, 0) is 39.8 Å². The fourth-order valence-corrected chi connectivity index (χ4v) is 2.08. The van der Waals surface area contributed by atoms with Gasteiger partial charge in [0.15, 0.2) is 0 Å². The highest BCUT2D eigenvalue weighted by atomic mass is 32.2. The largest absolute Gasteiger partial charge is 0.591 e. The molecule has 0 bridgehead atoms. The zero-order valence-electron chi connectivity index (χ0n) is 11.8. The van der Waals surface area contributed by atoms with Crippen molar-refractivity contribution < 1.29 is 14.8 Å². The maximum Gasteiger partial charge on any atom is 0.144 e. The van der Waals surface area contributed by atoms with Crippen LogP contribution in [0.1, 0.15) is 39.7 Å². The van der Waals surface area contributed by atoms with Crippen LogP contribution in [-0.2, 0) is 11.4 Å². The van der Waals surface area contributed by atoms with Crippen molar-refractivity contribution in [1.82, 2.24) is 0 Å². The number of aliphatic hydroxyl groups excluding tert-OH is 1. The Bertz CT molecular complexity index is 452. The SMILES string of the molecule is C[C@@H](O)CC(=N[S+]([O-])C(C)(C)C)c1ccccc1O. The Balaban J connectivity index is 3.16. The highest BCUT2D eigenvalue weighted by Gasteiger charge is 2.28. The van der Waals surface area contributed by atoms with Crippen LogP contribution in [0.3, 0.4) is 0 Å². The van der Waals surface area contributed by atoms with Crippen molar-refractivity contribution in [2.45, 2.75) is 45.0 Å². The summed E-state index contributed by atoms with van der Waals surface area (Å²) in [7, 11) is 0. The summed E-state index contributed by atoms with van der Waals surface area (Å²) >= 11 is -1.43. The third-order valence-corrected chi connectivity index (χ3v) is 3.85. The predicted octanol–water partition coefficient (Wildman–Crippen LogP) is 2.41. The molecule has 19 heavy (non-hydrogen) atoms. The van der Waals surface area contributed by atoms with Crippen LogP contribution in [0.25, 0.3) is 0 Å². The Morgan fingerprint density at radius 3 is 2.42 bits per heavy atom. The molecule has 1 rings (SSSR count). The molecule has 1 aromatic carbocycles. The molecule has 2 N–H and O–H groups in total. The average Bonchev–Trinajstić information content (AvgIpc) is 2.26. The number of phenolic OH excluding ortho intramolecular Hbond substituents is 1. The monoisotopic (exact) mass is 283 g/mol. The van der Waals surface area contributed by atoms with Gasteiger partial charge < -0.3 is 14.8 Å². The number of benzene rings is 1. The van der Waals surface area contributed by atoms with Crippen molar-refractivity contribution in [2.24, 2.45) is 4.40 Å². The molecule has 0 amide bonds. The quantitative estimate of drug-likeness (QED) is 0.658. The first-order valence-corrected chi connectivity index (χ1v) is 7.28. The lowest BCUT2D eigenvalue weighted by atomic mass is 10.0. The van der Waals surface area contributed by atoms with E-state index in [9.17, 15) is 14.8 Å². The molecule has 0 saturated carbocycles. The minimum absolute atomic E-state index is 0.0767. The van der Waals surface area contributed by atoms with Crippen molar-refractivity contribution in [2.75, 3.05) is 0 Å². The van der Waals surface area contributed by atoms with Gasteiger partial charge >= 0.3 is 0 Å². The van der Waals surface area contributed by atoms with Crippen molar-refractivity contribution in [3.8, 4) is 5.75 Å². The first-order chi connectivity index (χ1) is 8.71. The van der Waals surface area contributed by atoms with Crippen LogP contribution in [0.2, 0.25) is 0 Å². The summed E-state index contributed by atoms with van der Waals surface area (Å²) in [6, 6.07) is 6.73. The third-order valence-electron chi connectivity index (χ3n) is 2.42. The molecule has 1 aromatic rings. The van der Waals surface area contributed by atoms with Gasteiger partial charge in [0.05, 0.1) is 6.10 Å². The second-order valence-electron chi connectivity index (χ2n) is 5.47. The first-order valence-electron chi connectivity index (χ1n) is 6.18. The molecule has 0 fully saturated rings. The lowest BCUT2D eigenvalue weighted by molar-refractivity contribution is 0.203. The molecule has 2 atom stereocenters. The lowest BCUT2D eigenvalue weighted by Gasteiger charge is -2.20. The number of phenols is 1. The van der Waals surface area contributed by atoms with E-state index in [-0.39, 0.29) is 12.2 Å². The number of nitrogens with zero attached hydrogens (tertiary/aromatic N) is 1. The van der Waals surface area contributed by atoms with E-state index in [1.54, 1.807) is 31.2 Å². The van der Waals surface area contributed by atoms with E-state index < -0.39 is 22.2 Å².